The lowest BCUT2D eigenvalue weighted by atomic mass is 10.1. The van der Waals surface area contributed by atoms with Crippen LogP contribution >= 0.6 is 0 Å². The zero-order chi connectivity index (χ0) is 15.9. The monoisotopic (exact) mass is 297 g/mol. The van der Waals surface area contributed by atoms with Crippen LogP contribution < -0.4 is 10.6 Å². The van der Waals surface area contributed by atoms with Crippen LogP contribution in [0.4, 0.5) is 16.2 Å². The average molecular weight is 297 g/mol. The van der Waals surface area contributed by atoms with Crippen molar-refractivity contribution >= 4 is 23.5 Å². The number of anilines is 1. The summed E-state index contributed by atoms with van der Waals surface area (Å²) >= 11 is 0. The predicted molar refractivity (Wildman–Crippen MR) is 85.5 cm³/mol. The molecule has 0 saturated carbocycles. The van der Waals surface area contributed by atoms with Crippen molar-refractivity contribution < 1.29 is 9.72 Å². The van der Waals surface area contributed by atoms with Gasteiger partial charge in [0, 0.05) is 12.3 Å². The maximum Gasteiger partial charge on any atom is 0.323 e. The van der Waals surface area contributed by atoms with E-state index in [0.29, 0.717) is 0 Å². The smallest absolute Gasteiger partial charge is 0.314 e. The quantitative estimate of drug-likeness (QED) is 0.666. The van der Waals surface area contributed by atoms with E-state index in [9.17, 15) is 14.9 Å². The first-order valence-electron chi connectivity index (χ1n) is 6.61. The Labute approximate surface area is 127 Å². The summed E-state index contributed by atoms with van der Waals surface area (Å²) in [4.78, 5) is 22.1. The number of urea groups is 1. The SMILES string of the molecule is Cc1ccccc1/C=C/NC(=O)Nc1ccccc1[N+](=O)[O-]. The van der Waals surface area contributed by atoms with Crippen molar-refractivity contribution in [2.75, 3.05) is 5.32 Å². The van der Waals surface area contributed by atoms with Gasteiger partial charge in [0.2, 0.25) is 0 Å². The topological polar surface area (TPSA) is 84.3 Å². The molecule has 2 rings (SSSR count). The summed E-state index contributed by atoms with van der Waals surface area (Å²) < 4.78 is 0. The van der Waals surface area contributed by atoms with E-state index < -0.39 is 11.0 Å². The number of amides is 2. The Morgan fingerprint density at radius 3 is 2.55 bits per heavy atom. The molecule has 0 fully saturated rings. The number of para-hydroxylation sites is 2. The predicted octanol–water partition coefficient (Wildman–Crippen LogP) is 3.70. The van der Waals surface area contributed by atoms with Crippen LogP contribution in [0.3, 0.4) is 0 Å². The average Bonchev–Trinajstić information content (AvgIpc) is 2.49. The number of carbonyl (C=O) groups is 1. The Bertz CT molecular complexity index is 726. The highest BCUT2D eigenvalue weighted by Gasteiger charge is 2.13. The van der Waals surface area contributed by atoms with Crippen molar-refractivity contribution in [1.29, 1.82) is 0 Å². The highest BCUT2D eigenvalue weighted by Crippen LogP contribution is 2.22. The minimum absolute atomic E-state index is 0.147. The molecule has 22 heavy (non-hydrogen) atoms. The Balaban J connectivity index is 2.00. The number of nitro benzene ring substituents is 1. The summed E-state index contributed by atoms with van der Waals surface area (Å²) in [5.41, 5.74) is 2.06. The van der Waals surface area contributed by atoms with Gasteiger partial charge in [0.05, 0.1) is 4.92 Å². The Kier molecular flexibility index (Phi) is 4.87. The molecule has 0 spiro atoms. The Morgan fingerprint density at radius 1 is 1.14 bits per heavy atom. The van der Waals surface area contributed by atoms with Gasteiger partial charge in [-0.25, -0.2) is 4.79 Å². The van der Waals surface area contributed by atoms with Crippen molar-refractivity contribution in [2.45, 2.75) is 6.92 Å². The lowest BCUT2D eigenvalue weighted by molar-refractivity contribution is -0.383. The molecule has 2 aromatic carbocycles. The van der Waals surface area contributed by atoms with Gasteiger partial charge in [-0.1, -0.05) is 36.4 Å². The molecule has 0 aromatic heterocycles. The van der Waals surface area contributed by atoms with Crippen molar-refractivity contribution in [3.8, 4) is 0 Å². The maximum atomic E-state index is 11.8. The summed E-state index contributed by atoms with van der Waals surface area (Å²) in [6, 6.07) is 13.1. The molecular weight excluding hydrogens is 282 g/mol. The van der Waals surface area contributed by atoms with Gasteiger partial charge in [0.25, 0.3) is 5.69 Å². The number of aryl methyl sites for hydroxylation is 1. The van der Waals surface area contributed by atoms with Crippen LogP contribution in [0.15, 0.2) is 54.7 Å². The minimum Gasteiger partial charge on any atom is -0.314 e. The lowest BCUT2D eigenvalue weighted by Gasteiger charge is -2.05. The summed E-state index contributed by atoms with van der Waals surface area (Å²) in [5, 5.41) is 15.8. The number of nitrogens with zero attached hydrogens (tertiary/aromatic N) is 1. The van der Waals surface area contributed by atoms with Crippen molar-refractivity contribution in [3.05, 3.63) is 76.0 Å². The van der Waals surface area contributed by atoms with E-state index in [0.717, 1.165) is 11.1 Å². The van der Waals surface area contributed by atoms with Crippen LogP contribution in [0, 0.1) is 17.0 Å². The molecule has 6 heteroatoms. The number of rotatable bonds is 4. The molecular formula is C16H15N3O3. The summed E-state index contributed by atoms with van der Waals surface area (Å²) in [6.07, 6.45) is 3.25. The van der Waals surface area contributed by atoms with Crippen LogP contribution in [0.2, 0.25) is 0 Å². The highest BCUT2D eigenvalue weighted by atomic mass is 16.6. The van der Waals surface area contributed by atoms with Gasteiger partial charge in [-0.2, -0.15) is 0 Å². The number of hydrogen-bond donors (Lipinski definition) is 2. The van der Waals surface area contributed by atoms with Crippen LogP contribution in [-0.4, -0.2) is 11.0 Å². The second kappa shape index (κ2) is 7.03. The number of hydrogen-bond acceptors (Lipinski definition) is 3. The van der Waals surface area contributed by atoms with Gasteiger partial charge in [0.1, 0.15) is 5.69 Å². The molecule has 6 nitrogen and oxygen atoms in total. The van der Waals surface area contributed by atoms with Crippen LogP contribution in [-0.2, 0) is 0 Å². The van der Waals surface area contributed by atoms with E-state index in [1.165, 1.54) is 18.3 Å². The second-order valence-electron chi connectivity index (χ2n) is 4.56. The number of benzene rings is 2. The largest absolute Gasteiger partial charge is 0.323 e. The Morgan fingerprint density at radius 2 is 1.82 bits per heavy atom. The second-order valence-corrected chi connectivity index (χ2v) is 4.56. The molecule has 0 radical (unpaired) electrons. The highest BCUT2D eigenvalue weighted by molar-refractivity contribution is 5.92. The molecule has 0 heterocycles. The van der Waals surface area contributed by atoms with Crippen LogP contribution in [0.1, 0.15) is 11.1 Å². The fraction of sp³-hybridized carbons (Fsp3) is 0.0625. The van der Waals surface area contributed by atoms with Gasteiger partial charge >= 0.3 is 6.03 Å². The van der Waals surface area contributed by atoms with Crippen molar-refractivity contribution in [2.24, 2.45) is 0 Å². The molecule has 2 aromatic rings. The standard InChI is InChI=1S/C16H15N3O3/c1-12-6-2-3-7-13(12)10-11-17-16(20)18-14-8-4-5-9-15(14)19(21)22/h2-11H,1H3,(H2,17,18,20)/b11-10+. The lowest BCUT2D eigenvalue weighted by Crippen LogP contribution is -2.24. The third kappa shape index (κ3) is 3.92. The van der Waals surface area contributed by atoms with Crippen molar-refractivity contribution in [1.82, 2.24) is 5.32 Å². The van der Waals surface area contributed by atoms with Gasteiger partial charge in [0.15, 0.2) is 0 Å². The fourth-order valence-electron chi connectivity index (χ4n) is 1.88. The number of nitro groups is 1. The van der Waals surface area contributed by atoms with E-state index >= 15 is 0 Å². The minimum atomic E-state index is -0.543. The van der Waals surface area contributed by atoms with E-state index in [-0.39, 0.29) is 11.4 Å². The molecule has 0 atom stereocenters. The Hall–Kier alpha value is -3.15. The van der Waals surface area contributed by atoms with Crippen molar-refractivity contribution in [3.63, 3.8) is 0 Å². The first kappa shape index (κ1) is 15.2. The first-order valence-corrected chi connectivity index (χ1v) is 6.61. The molecule has 0 aliphatic rings. The first-order chi connectivity index (χ1) is 10.6. The van der Waals surface area contributed by atoms with E-state index in [1.807, 2.05) is 31.2 Å². The van der Waals surface area contributed by atoms with E-state index in [4.69, 9.17) is 0 Å². The third-order valence-corrected chi connectivity index (χ3v) is 3.01. The molecule has 2 N–H and O–H groups in total. The third-order valence-electron chi connectivity index (χ3n) is 3.01. The van der Waals surface area contributed by atoms with E-state index in [1.54, 1.807) is 18.2 Å². The zero-order valence-electron chi connectivity index (χ0n) is 11.9. The van der Waals surface area contributed by atoms with Crippen LogP contribution in [0.5, 0.6) is 0 Å². The maximum absolute atomic E-state index is 11.8. The normalized spacial score (nSPS) is 10.4. The molecule has 0 saturated heterocycles. The number of carbonyl (C=O) groups excluding carboxylic acids is 1. The molecule has 0 unspecified atom stereocenters. The van der Waals surface area contributed by atoms with Gasteiger partial charge in [-0.05, 0) is 30.2 Å². The van der Waals surface area contributed by atoms with Gasteiger partial charge < -0.3 is 10.6 Å². The van der Waals surface area contributed by atoms with Gasteiger partial charge in [-0.3, -0.25) is 10.1 Å². The van der Waals surface area contributed by atoms with Gasteiger partial charge in [-0.15, -0.1) is 0 Å². The molecule has 112 valence electrons. The molecule has 2 amide bonds. The molecule has 0 aliphatic carbocycles. The zero-order valence-corrected chi connectivity index (χ0v) is 11.9. The fourth-order valence-corrected chi connectivity index (χ4v) is 1.88. The summed E-state index contributed by atoms with van der Waals surface area (Å²) in [6.45, 7) is 1.97. The molecule has 0 bridgehead atoms. The summed E-state index contributed by atoms with van der Waals surface area (Å²) in [5.74, 6) is 0. The molecule has 0 aliphatic heterocycles. The van der Waals surface area contributed by atoms with E-state index in [2.05, 4.69) is 10.6 Å². The number of nitrogens with one attached hydrogen (secondary N) is 2. The van der Waals surface area contributed by atoms with Crippen LogP contribution in [0.25, 0.3) is 6.08 Å². The summed E-state index contributed by atoms with van der Waals surface area (Å²) in [7, 11) is 0.